The van der Waals surface area contributed by atoms with E-state index in [1.165, 1.54) is 6.07 Å². The van der Waals surface area contributed by atoms with Crippen LogP contribution in [0.4, 0.5) is 4.39 Å². The van der Waals surface area contributed by atoms with Gasteiger partial charge in [-0.05, 0) is 25.0 Å². The van der Waals surface area contributed by atoms with Crippen molar-refractivity contribution >= 4 is 23.2 Å². The zero-order valence-corrected chi connectivity index (χ0v) is 10.4. The Morgan fingerprint density at radius 2 is 2.00 bits per heavy atom. The van der Waals surface area contributed by atoms with Gasteiger partial charge in [0.2, 0.25) is 0 Å². The van der Waals surface area contributed by atoms with E-state index in [1.54, 1.807) is 0 Å². The van der Waals surface area contributed by atoms with Crippen molar-refractivity contribution in [3.63, 3.8) is 0 Å². The average molecular weight is 266 g/mol. The predicted octanol–water partition coefficient (Wildman–Crippen LogP) is 3.29. The first-order valence-corrected chi connectivity index (χ1v) is 5.79. The summed E-state index contributed by atoms with van der Waals surface area (Å²) < 4.78 is 13.2. The first-order valence-electron chi connectivity index (χ1n) is 5.03. The molecule has 0 saturated heterocycles. The number of hydrogen-bond acceptors (Lipinski definition) is 2. The third kappa shape index (κ3) is 3.32. The van der Waals surface area contributed by atoms with E-state index in [-0.39, 0.29) is 16.1 Å². The molecule has 0 bridgehead atoms. The van der Waals surface area contributed by atoms with Gasteiger partial charge in [-0.15, -0.1) is 0 Å². The third-order valence-corrected chi connectivity index (χ3v) is 3.07. The van der Waals surface area contributed by atoms with Crippen LogP contribution in [0.5, 0.6) is 0 Å². The molecule has 1 rings (SSSR count). The van der Waals surface area contributed by atoms with Gasteiger partial charge in [0.1, 0.15) is 5.82 Å². The van der Waals surface area contributed by atoms with Gasteiger partial charge in [-0.2, -0.15) is 0 Å². The van der Waals surface area contributed by atoms with Crippen LogP contribution >= 0.6 is 23.2 Å². The van der Waals surface area contributed by atoms with Gasteiger partial charge in [0.25, 0.3) is 0 Å². The minimum absolute atomic E-state index is 0.0549. The summed E-state index contributed by atoms with van der Waals surface area (Å²) in [4.78, 5) is 0. The zero-order valence-electron chi connectivity index (χ0n) is 8.88. The standard InChI is InChI=1S/C11H14Cl2FNO/c1-2-6(15)3-11(16)7-4-10(14)9(13)5-8(7)12/h4-6,11,16H,2-3,15H2,1H3. The number of halogens is 3. The Morgan fingerprint density at radius 3 is 2.56 bits per heavy atom. The minimum Gasteiger partial charge on any atom is -0.388 e. The number of aliphatic hydroxyl groups excluding tert-OH is 1. The molecule has 0 fully saturated rings. The second-order valence-corrected chi connectivity index (χ2v) is 4.52. The van der Waals surface area contributed by atoms with E-state index >= 15 is 0 Å². The van der Waals surface area contributed by atoms with Crippen molar-refractivity contribution in [3.05, 3.63) is 33.6 Å². The van der Waals surface area contributed by atoms with Crippen molar-refractivity contribution in [2.45, 2.75) is 31.9 Å². The molecule has 2 unspecified atom stereocenters. The Bertz CT molecular complexity index is 373. The highest BCUT2D eigenvalue weighted by molar-refractivity contribution is 6.35. The fourth-order valence-electron chi connectivity index (χ4n) is 1.37. The molecule has 0 aliphatic rings. The second-order valence-electron chi connectivity index (χ2n) is 3.71. The van der Waals surface area contributed by atoms with Crippen LogP contribution in [0.15, 0.2) is 12.1 Å². The van der Waals surface area contributed by atoms with Gasteiger partial charge in [-0.1, -0.05) is 30.1 Å². The molecule has 0 amide bonds. The molecule has 0 saturated carbocycles. The van der Waals surface area contributed by atoms with Gasteiger partial charge < -0.3 is 10.8 Å². The molecule has 0 radical (unpaired) electrons. The van der Waals surface area contributed by atoms with E-state index in [1.807, 2.05) is 6.92 Å². The number of hydrogen-bond donors (Lipinski definition) is 2. The van der Waals surface area contributed by atoms with Crippen molar-refractivity contribution < 1.29 is 9.50 Å². The number of nitrogens with two attached hydrogens (primary N) is 1. The van der Waals surface area contributed by atoms with Gasteiger partial charge in [0, 0.05) is 16.6 Å². The summed E-state index contributed by atoms with van der Waals surface area (Å²) in [5, 5.41) is 10.0. The Balaban J connectivity index is 2.91. The molecule has 3 N–H and O–H groups in total. The molecule has 5 heteroatoms. The van der Waals surface area contributed by atoms with Crippen LogP contribution in [0, 0.1) is 5.82 Å². The lowest BCUT2D eigenvalue weighted by Gasteiger charge is -2.16. The highest BCUT2D eigenvalue weighted by Gasteiger charge is 2.17. The molecule has 0 heterocycles. The highest BCUT2D eigenvalue weighted by atomic mass is 35.5. The second kappa shape index (κ2) is 5.82. The lowest BCUT2D eigenvalue weighted by atomic mass is 10.0. The van der Waals surface area contributed by atoms with E-state index in [0.29, 0.717) is 12.0 Å². The molecule has 0 aliphatic heterocycles. The van der Waals surface area contributed by atoms with Gasteiger partial charge in [0.05, 0.1) is 11.1 Å². The SMILES string of the molecule is CCC(N)CC(O)c1cc(F)c(Cl)cc1Cl. The lowest BCUT2D eigenvalue weighted by molar-refractivity contribution is 0.157. The van der Waals surface area contributed by atoms with Gasteiger partial charge in [-0.25, -0.2) is 4.39 Å². The maximum atomic E-state index is 13.2. The minimum atomic E-state index is -0.866. The van der Waals surface area contributed by atoms with Crippen molar-refractivity contribution in [1.29, 1.82) is 0 Å². The molecule has 0 spiro atoms. The lowest BCUT2D eigenvalue weighted by Crippen LogP contribution is -2.21. The van der Waals surface area contributed by atoms with E-state index in [9.17, 15) is 9.50 Å². The summed E-state index contributed by atoms with van der Waals surface area (Å²) in [5.41, 5.74) is 6.03. The van der Waals surface area contributed by atoms with E-state index in [2.05, 4.69) is 0 Å². The van der Waals surface area contributed by atoms with Crippen LogP contribution in [0.25, 0.3) is 0 Å². The molecule has 2 atom stereocenters. The summed E-state index contributed by atoms with van der Waals surface area (Å²) >= 11 is 11.4. The van der Waals surface area contributed by atoms with E-state index < -0.39 is 11.9 Å². The maximum Gasteiger partial charge on any atom is 0.142 e. The van der Waals surface area contributed by atoms with Crippen LogP contribution in [0.2, 0.25) is 10.0 Å². The fourth-order valence-corrected chi connectivity index (χ4v) is 1.88. The van der Waals surface area contributed by atoms with Crippen molar-refractivity contribution in [1.82, 2.24) is 0 Å². The topological polar surface area (TPSA) is 46.2 Å². The van der Waals surface area contributed by atoms with Crippen LogP contribution in [0.3, 0.4) is 0 Å². The smallest absolute Gasteiger partial charge is 0.142 e. The van der Waals surface area contributed by atoms with Crippen LogP contribution in [-0.4, -0.2) is 11.1 Å². The van der Waals surface area contributed by atoms with E-state index in [4.69, 9.17) is 28.9 Å². The quantitative estimate of drug-likeness (QED) is 0.821. The first kappa shape index (κ1) is 13.7. The Kier molecular flexibility index (Phi) is 4.99. The van der Waals surface area contributed by atoms with Crippen molar-refractivity contribution in [2.24, 2.45) is 5.73 Å². The number of aliphatic hydroxyl groups is 1. The predicted molar refractivity (Wildman–Crippen MR) is 64.3 cm³/mol. The normalized spacial score (nSPS) is 14.9. The molecular formula is C11H14Cl2FNO. The van der Waals surface area contributed by atoms with Gasteiger partial charge in [0.15, 0.2) is 0 Å². The Morgan fingerprint density at radius 1 is 1.38 bits per heavy atom. The van der Waals surface area contributed by atoms with Crippen molar-refractivity contribution in [2.75, 3.05) is 0 Å². The van der Waals surface area contributed by atoms with Crippen LogP contribution < -0.4 is 5.73 Å². The summed E-state index contributed by atoms with van der Waals surface area (Å²) in [6.07, 6.45) is 0.219. The maximum absolute atomic E-state index is 13.2. The molecule has 16 heavy (non-hydrogen) atoms. The van der Waals surface area contributed by atoms with Crippen LogP contribution in [-0.2, 0) is 0 Å². The first-order chi connectivity index (χ1) is 7.45. The summed E-state index contributed by atoms with van der Waals surface area (Å²) in [7, 11) is 0. The monoisotopic (exact) mass is 265 g/mol. The average Bonchev–Trinajstić information content (AvgIpc) is 2.23. The molecule has 1 aromatic carbocycles. The van der Waals surface area contributed by atoms with Gasteiger partial charge in [-0.3, -0.25) is 0 Å². The number of rotatable bonds is 4. The molecule has 0 aliphatic carbocycles. The molecular weight excluding hydrogens is 252 g/mol. The van der Waals surface area contributed by atoms with Crippen LogP contribution in [0.1, 0.15) is 31.4 Å². The van der Waals surface area contributed by atoms with Crippen molar-refractivity contribution in [3.8, 4) is 0 Å². The molecule has 2 nitrogen and oxygen atoms in total. The molecule has 90 valence electrons. The fraction of sp³-hybridized carbons (Fsp3) is 0.455. The Hall–Kier alpha value is -0.350. The molecule has 1 aromatic rings. The largest absolute Gasteiger partial charge is 0.388 e. The van der Waals surface area contributed by atoms with Gasteiger partial charge >= 0.3 is 0 Å². The summed E-state index contributed by atoms with van der Waals surface area (Å²) in [5.74, 6) is -0.592. The summed E-state index contributed by atoms with van der Waals surface area (Å²) in [6.45, 7) is 1.92. The molecule has 0 aromatic heterocycles. The summed E-state index contributed by atoms with van der Waals surface area (Å²) in [6, 6.07) is 2.30. The van der Waals surface area contributed by atoms with E-state index in [0.717, 1.165) is 12.5 Å². The zero-order chi connectivity index (χ0) is 12.3. The number of benzene rings is 1. The third-order valence-electron chi connectivity index (χ3n) is 2.45. The highest BCUT2D eigenvalue weighted by Crippen LogP contribution is 2.30. The Labute approximate surface area is 104 Å².